The number of nitrogens with one attached hydrogen (secondary N) is 1. The normalized spacial score (nSPS) is 22.6. The summed E-state index contributed by atoms with van der Waals surface area (Å²) in [6.45, 7) is 4.01. The van der Waals surface area contributed by atoms with Crippen molar-refractivity contribution < 1.29 is 4.79 Å². The molecular formula is C24H32N4O2S. The highest BCUT2D eigenvalue weighted by Crippen LogP contribution is 2.30. The molecule has 2 aromatic rings. The number of carbonyl (C=O) groups is 1. The van der Waals surface area contributed by atoms with Crippen LogP contribution in [0.5, 0.6) is 0 Å². The Morgan fingerprint density at radius 1 is 1.19 bits per heavy atom. The number of aromatic nitrogens is 2. The van der Waals surface area contributed by atoms with E-state index in [1.54, 1.807) is 11.3 Å². The maximum absolute atomic E-state index is 12.9. The van der Waals surface area contributed by atoms with E-state index in [0.717, 1.165) is 56.0 Å². The topological polar surface area (TPSA) is 69.3 Å². The maximum atomic E-state index is 12.9. The molecule has 2 aliphatic heterocycles. The van der Waals surface area contributed by atoms with Crippen molar-refractivity contribution in [3.05, 3.63) is 49.8 Å². The number of hydrogen-bond donors (Lipinski definition) is 1. The molecule has 31 heavy (non-hydrogen) atoms. The van der Waals surface area contributed by atoms with E-state index in [1.807, 2.05) is 4.90 Å². The molecule has 7 heteroatoms. The summed E-state index contributed by atoms with van der Waals surface area (Å²) in [6.07, 6.45) is 8.42. The van der Waals surface area contributed by atoms with Crippen LogP contribution in [0.1, 0.15) is 72.8 Å². The molecule has 4 heterocycles. The third-order valence-corrected chi connectivity index (χ3v) is 8.09. The van der Waals surface area contributed by atoms with Crippen molar-refractivity contribution >= 4 is 17.2 Å². The molecule has 0 radical (unpaired) electrons. The van der Waals surface area contributed by atoms with Crippen LogP contribution in [0.25, 0.3) is 0 Å². The number of hydrogen-bond acceptors (Lipinski definition) is 5. The van der Waals surface area contributed by atoms with E-state index in [4.69, 9.17) is 4.98 Å². The fraction of sp³-hybridized carbons (Fsp3) is 0.625. The lowest BCUT2D eigenvalue weighted by atomic mass is 9.95. The molecule has 1 N–H and O–H groups in total. The van der Waals surface area contributed by atoms with Gasteiger partial charge in [-0.25, -0.2) is 4.98 Å². The molecule has 2 fully saturated rings. The fourth-order valence-corrected chi connectivity index (χ4v) is 6.21. The average Bonchev–Trinajstić information content (AvgIpc) is 3.48. The number of thiophene rings is 1. The first kappa shape index (κ1) is 20.9. The number of H-pyrrole nitrogens is 1. The SMILES string of the molecule is O=C(CC1CCCC1)N1CCC[C@H](c2nc3c(c(=O)[nH]2)CN(Cc2cccs2)CC3)C1. The van der Waals surface area contributed by atoms with Gasteiger partial charge in [-0.3, -0.25) is 14.5 Å². The Hall–Kier alpha value is -1.99. The lowest BCUT2D eigenvalue weighted by Gasteiger charge is -2.33. The number of aromatic amines is 1. The van der Waals surface area contributed by atoms with E-state index < -0.39 is 0 Å². The highest BCUT2D eigenvalue weighted by Gasteiger charge is 2.30. The van der Waals surface area contributed by atoms with Crippen molar-refractivity contribution in [3.63, 3.8) is 0 Å². The molecule has 5 rings (SSSR count). The van der Waals surface area contributed by atoms with Crippen molar-refractivity contribution in [3.8, 4) is 0 Å². The van der Waals surface area contributed by atoms with Crippen LogP contribution >= 0.6 is 11.3 Å². The van der Waals surface area contributed by atoms with Gasteiger partial charge in [-0.05, 0) is 43.0 Å². The zero-order valence-corrected chi connectivity index (χ0v) is 19.0. The zero-order valence-electron chi connectivity index (χ0n) is 18.1. The van der Waals surface area contributed by atoms with Crippen LogP contribution in [0, 0.1) is 5.92 Å². The van der Waals surface area contributed by atoms with Crippen LogP contribution in [0.2, 0.25) is 0 Å². The second-order valence-corrected chi connectivity index (χ2v) is 10.5. The molecular weight excluding hydrogens is 408 g/mol. The van der Waals surface area contributed by atoms with Gasteiger partial charge in [0, 0.05) is 56.4 Å². The highest BCUT2D eigenvalue weighted by molar-refractivity contribution is 7.09. The molecule has 1 saturated heterocycles. The minimum Gasteiger partial charge on any atom is -0.342 e. The van der Waals surface area contributed by atoms with Gasteiger partial charge < -0.3 is 9.88 Å². The Bertz CT molecular complexity index is 964. The third kappa shape index (κ3) is 4.77. The van der Waals surface area contributed by atoms with Crippen molar-refractivity contribution in [2.45, 2.75) is 70.4 Å². The van der Waals surface area contributed by atoms with E-state index in [-0.39, 0.29) is 11.5 Å². The molecule has 0 bridgehead atoms. The number of likely N-dealkylation sites (tertiary alicyclic amines) is 1. The van der Waals surface area contributed by atoms with Gasteiger partial charge in [0.1, 0.15) is 5.82 Å². The first-order valence-corrected chi connectivity index (χ1v) is 12.7. The van der Waals surface area contributed by atoms with E-state index in [0.29, 0.717) is 31.3 Å². The monoisotopic (exact) mass is 440 g/mol. The van der Waals surface area contributed by atoms with Crippen molar-refractivity contribution in [1.82, 2.24) is 19.8 Å². The number of piperidine rings is 1. The van der Waals surface area contributed by atoms with E-state index in [2.05, 4.69) is 27.4 Å². The van der Waals surface area contributed by atoms with Crippen molar-refractivity contribution in [1.29, 1.82) is 0 Å². The van der Waals surface area contributed by atoms with Gasteiger partial charge in [0.05, 0.1) is 11.3 Å². The molecule has 1 amide bonds. The summed E-state index contributed by atoms with van der Waals surface area (Å²) in [7, 11) is 0. The molecule has 1 saturated carbocycles. The Kier molecular flexibility index (Phi) is 6.23. The molecule has 1 aliphatic carbocycles. The second kappa shape index (κ2) is 9.25. The summed E-state index contributed by atoms with van der Waals surface area (Å²) >= 11 is 1.76. The van der Waals surface area contributed by atoms with Gasteiger partial charge in [-0.2, -0.15) is 0 Å². The van der Waals surface area contributed by atoms with Crippen molar-refractivity contribution in [2.75, 3.05) is 19.6 Å². The van der Waals surface area contributed by atoms with Gasteiger partial charge in [0.2, 0.25) is 5.91 Å². The van der Waals surface area contributed by atoms with Crippen LogP contribution in [0.3, 0.4) is 0 Å². The third-order valence-electron chi connectivity index (χ3n) is 7.22. The minimum atomic E-state index is 0.00489. The molecule has 1 atom stereocenters. The lowest BCUT2D eigenvalue weighted by Crippen LogP contribution is -2.41. The molecule has 0 unspecified atom stereocenters. The summed E-state index contributed by atoms with van der Waals surface area (Å²) in [5.74, 6) is 1.80. The van der Waals surface area contributed by atoms with E-state index in [9.17, 15) is 9.59 Å². The summed E-state index contributed by atoms with van der Waals surface area (Å²) < 4.78 is 0. The molecule has 2 aromatic heterocycles. The standard InChI is InChI=1S/C24H32N4O2S/c29-22(13-17-5-1-2-6-17)28-10-3-7-18(14-28)23-25-21-9-11-27(15-19-8-4-12-31-19)16-20(21)24(30)26-23/h4,8,12,17-18H,1-3,5-7,9-11,13-16H2,(H,25,26,30)/t18-/m0/s1. The van der Waals surface area contributed by atoms with Crippen LogP contribution in [0.4, 0.5) is 0 Å². The van der Waals surface area contributed by atoms with Crippen LogP contribution in [-0.2, 0) is 24.3 Å². The summed E-state index contributed by atoms with van der Waals surface area (Å²) in [5, 5.41) is 2.10. The molecule has 3 aliphatic rings. The van der Waals surface area contributed by atoms with Crippen LogP contribution in [0.15, 0.2) is 22.3 Å². The first-order chi connectivity index (χ1) is 15.2. The van der Waals surface area contributed by atoms with Gasteiger partial charge in [0.15, 0.2) is 0 Å². The predicted molar refractivity (Wildman–Crippen MR) is 122 cm³/mol. The average molecular weight is 441 g/mol. The van der Waals surface area contributed by atoms with Gasteiger partial charge in [-0.15, -0.1) is 11.3 Å². The Balaban J connectivity index is 1.26. The Labute approximate surface area is 187 Å². The van der Waals surface area contributed by atoms with Crippen LogP contribution in [-0.4, -0.2) is 45.3 Å². The molecule has 0 spiro atoms. The maximum Gasteiger partial charge on any atom is 0.255 e. The number of nitrogens with zero attached hydrogens (tertiary/aromatic N) is 3. The van der Waals surface area contributed by atoms with E-state index in [1.165, 1.54) is 30.6 Å². The summed E-state index contributed by atoms with van der Waals surface area (Å²) in [5.41, 5.74) is 1.78. The number of carbonyl (C=O) groups excluding carboxylic acids is 1. The Morgan fingerprint density at radius 3 is 2.87 bits per heavy atom. The fourth-order valence-electron chi connectivity index (χ4n) is 5.47. The second-order valence-electron chi connectivity index (χ2n) is 9.45. The van der Waals surface area contributed by atoms with E-state index >= 15 is 0 Å². The summed E-state index contributed by atoms with van der Waals surface area (Å²) in [4.78, 5) is 39.4. The van der Waals surface area contributed by atoms with Gasteiger partial charge >= 0.3 is 0 Å². The lowest BCUT2D eigenvalue weighted by molar-refractivity contribution is -0.133. The van der Waals surface area contributed by atoms with Crippen LogP contribution < -0.4 is 5.56 Å². The quantitative estimate of drug-likeness (QED) is 0.770. The Morgan fingerprint density at radius 2 is 2.06 bits per heavy atom. The number of fused-ring (bicyclic) bond motifs is 1. The van der Waals surface area contributed by atoms with Crippen molar-refractivity contribution in [2.24, 2.45) is 5.92 Å². The predicted octanol–water partition coefficient (Wildman–Crippen LogP) is 3.68. The summed E-state index contributed by atoms with van der Waals surface area (Å²) in [6, 6.07) is 4.22. The zero-order chi connectivity index (χ0) is 21.2. The highest BCUT2D eigenvalue weighted by atomic mass is 32.1. The minimum absolute atomic E-state index is 0.00489. The first-order valence-electron chi connectivity index (χ1n) is 11.8. The number of amides is 1. The largest absolute Gasteiger partial charge is 0.342 e. The number of rotatable bonds is 5. The molecule has 166 valence electrons. The smallest absolute Gasteiger partial charge is 0.255 e. The van der Waals surface area contributed by atoms with Gasteiger partial charge in [0.25, 0.3) is 5.56 Å². The molecule has 0 aromatic carbocycles. The van der Waals surface area contributed by atoms with Gasteiger partial charge in [-0.1, -0.05) is 18.9 Å². The molecule has 6 nitrogen and oxygen atoms in total.